The number of carbonyl (C=O) groups excluding carboxylic acids is 1. The zero-order valence-electron chi connectivity index (χ0n) is 18.8. The van der Waals surface area contributed by atoms with Crippen LogP contribution in [0.5, 0.6) is 23.1 Å². The molecule has 0 atom stereocenters. The molecular formula is C26H27N3O4. The Morgan fingerprint density at radius 1 is 1.06 bits per heavy atom. The number of benzene rings is 2. The molecular weight excluding hydrogens is 418 g/mol. The van der Waals surface area contributed by atoms with E-state index >= 15 is 0 Å². The molecule has 2 aromatic heterocycles. The van der Waals surface area contributed by atoms with Gasteiger partial charge in [-0.15, -0.1) is 0 Å². The first-order valence-electron chi connectivity index (χ1n) is 10.9. The molecule has 0 aliphatic rings. The van der Waals surface area contributed by atoms with E-state index in [1.54, 1.807) is 13.3 Å². The Labute approximate surface area is 192 Å². The molecule has 4 aromatic rings. The van der Waals surface area contributed by atoms with Crippen molar-refractivity contribution in [2.24, 2.45) is 0 Å². The van der Waals surface area contributed by atoms with Crippen molar-refractivity contribution in [1.29, 1.82) is 0 Å². The first-order chi connectivity index (χ1) is 16.2. The van der Waals surface area contributed by atoms with E-state index in [2.05, 4.69) is 22.2 Å². The molecule has 7 nitrogen and oxygen atoms in total. The summed E-state index contributed by atoms with van der Waals surface area (Å²) in [6.45, 7) is 2.95. The molecule has 33 heavy (non-hydrogen) atoms. The summed E-state index contributed by atoms with van der Waals surface area (Å²) >= 11 is 0. The van der Waals surface area contributed by atoms with Gasteiger partial charge in [-0.25, -0.2) is 4.98 Å². The fourth-order valence-electron chi connectivity index (χ4n) is 3.48. The summed E-state index contributed by atoms with van der Waals surface area (Å²) < 4.78 is 17.1. The van der Waals surface area contributed by atoms with Crippen LogP contribution in [0.25, 0.3) is 10.9 Å². The summed E-state index contributed by atoms with van der Waals surface area (Å²) in [7, 11) is 1.63. The van der Waals surface area contributed by atoms with Crippen LogP contribution < -0.4 is 19.5 Å². The second kappa shape index (κ2) is 10.5. The van der Waals surface area contributed by atoms with E-state index in [-0.39, 0.29) is 12.3 Å². The van der Waals surface area contributed by atoms with Crippen LogP contribution in [0.4, 0.5) is 0 Å². The van der Waals surface area contributed by atoms with Gasteiger partial charge in [0, 0.05) is 35.4 Å². The Balaban J connectivity index is 1.43. The van der Waals surface area contributed by atoms with E-state index in [4.69, 9.17) is 14.2 Å². The average molecular weight is 446 g/mol. The molecule has 0 radical (unpaired) electrons. The fourth-order valence-corrected chi connectivity index (χ4v) is 3.48. The number of methoxy groups -OCH3 is 1. The zero-order valence-corrected chi connectivity index (χ0v) is 18.8. The van der Waals surface area contributed by atoms with E-state index < -0.39 is 0 Å². The number of nitrogens with zero attached hydrogens (tertiary/aromatic N) is 1. The summed E-state index contributed by atoms with van der Waals surface area (Å²) in [5, 5.41) is 3.94. The Morgan fingerprint density at radius 3 is 2.73 bits per heavy atom. The molecule has 7 heteroatoms. The highest BCUT2D eigenvalue weighted by atomic mass is 16.5. The lowest BCUT2D eigenvalue weighted by Gasteiger charge is -2.14. The molecule has 170 valence electrons. The van der Waals surface area contributed by atoms with E-state index in [9.17, 15) is 4.79 Å². The Hall–Kier alpha value is -4.00. The topological polar surface area (TPSA) is 85.5 Å². The van der Waals surface area contributed by atoms with Crippen LogP contribution in [0.2, 0.25) is 0 Å². The molecule has 0 unspecified atom stereocenters. The van der Waals surface area contributed by atoms with Gasteiger partial charge in [0.25, 0.3) is 0 Å². The quantitative estimate of drug-likeness (QED) is 0.358. The predicted octanol–water partition coefficient (Wildman–Crippen LogP) is 5.01. The molecule has 0 spiro atoms. The van der Waals surface area contributed by atoms with Gasteiger partial charge in [-0.2, -0.15) is 0 Å². The van der Waals surface area contributed by atoms with Crippen LogP contribution in [0.15, 0.2) is 67.0 Å². The summed E-state index contributed by atoms with van der Waals surface area (Å²) in [4.78, 5) is 20.2. The smallest absolute Gasteiger partial charge is 0.224 e. The number of nitrogens with one attached hydrogen (secondary N) is 2. The molecule has 2 aromatic carbocycles. The number of aromatic amines is 1. The van der Waals surface area contributed by atoms with Gasteiger partial charge in [0.1, 0.15) is 5.75 Å². The molecule has 0 fully saturated rings. The van der Waals surface area contributed by atoms with Gasteiger partial charge in [-0.05, 0) is 48.4 Å². The SMILES string of the molecule is CCCOc1ccccc1Oc1ncccc1CNC(=O)Cc1c[nH]c2ccc(OC)cc12. The number of ether oxygens (including phenoxy) is 3. The maximum absolute atomic E-state index is 12.7. The summed E-state index contributed by atoms with van der Waals surface area (Å²) in [5.74, 6) is 2.34. The highest BCUT2D eigenvalue weighted by Gasteiger charge is 2.13. The van der Waals surface area contributed by atoms with Crippen molar-refractivity contribution in [3.63, 3.8) is 0 Å². The summed E-state index contributed by atoms with van der Waals surface area (Å²) in [6, 6.07) is 17.0. The van der Waals surface area contributed by atoms with E-state index in [1.165, 1.54) is 0 Å². The molecule has 0 aliphatic carbocycles. The van der Waals surface area contributed by atoms with Gasteiger partial charge in [-0.3, -0.25) is 4.79 Å². The van der Waals surface area contributed by atoms with E-state index in [0.717, 1.165) is 34.2 Å². The Morgan fingerprint density at radius 2 is 1.91 bits per heavy atom. The van der Waals surface area contributed by atoms with Crippen LogP contribution in [-0.2, 0) is 17.8 Å². The van der Waals surface area contributed by atoms with Gasteiger partial charge in [0.2, 0.25) is 11.8 Å². The highest BCUT2D eigenvalue weighted by molar-refractivity contribution is 5.89. The van der Waals surface area contributed by atoms with Crippen molar-refractivity contribution >= 4 is 16.8 Å². The lowest BCUT2D eigenvalue weighted by Crippen LogP contribution is -2.24. The second-order valence-corrected chi connectivity index (χ2v) is 7.54. The minimum absolute atomic E-state index is 0.0970. The van der Waals surface area contributed by atoms with Crippen molar-refractivity contribution in [1.82, 2.24) is 15.3 Å². The molecule has 0 aliphatic heterocycles. The highest BCUT2D eigenvalue weighted by Crippen LogP contribution is 2.32. The summed E-state index contributed by atoms with van der Waals surface area (Å²) in [6.07, 6.45) is 4.67. The van der Waals surface area contributed by atoms with Crippen LogP contribution in [-0.4, -0.2) is 29.6 Å². The molecule has 1 amide bonds. The van der Waals surface area contributed by atoms with Crippen molar-refractivity contribution < 1.29 is 19.0 Å². The van der Waals surface area contributed by atoms with E-state index in [0.29, 0.717) is 30.5 Å². The third-order valence-corrected chi connectivity index (χ3v) is 5.17. The maximum atomic E-state index is 12.7. The number of amides is 1. The van der Waals surface area contributed by atoms with Gasteiger partial charge in [0.15, 0.2) is 11.5 Å². The van der Waals surface area contributed by atoms with Crippen molar-refractivity contribution in [2.45, 2.75) is 26.3 Å². The molecule has 4 rings (SSSR count). The Kier molecular flexibility index (Phi) is 7.09. The molecule has 0 saturated carbocycles. The number of carbonyl (C=O) groups is 1. The minimum atomic E-state index is -0.0970. The normalized spacial score (nSPS) is 10.7. The number of rotatable bonds is 10. The van der Waals surface area contributed by atoms with Gasteiger partial charge in [-0.1, -0.05) is 25.1 Å². The molecule has 0 saturated heterocycles. The largest absolute Gasteiger partial charge is 0.497 e. The number of fused-ring (bicyclic) bond motifs is 1. The van der Waals surface area contributed by atoms with Crippen molar-refractivity contribution in [2.75, 3.05) is 13.7 Å². The third kappa shape index (κ3) is 5.44. The van der Waals surface area contributed by atoms with E-state index in [1.807, 2.05) is 60.8 Å². The van der Waals surface area contributed by atoms with Crippen molar-refractivity contribution in [3.05, 3.63) is 78.1 Å². The van der Waals surface area contributed by atoms with Crippen LogP contribution in [0, 0.1) is 0 Å². The van der Waals surface area contributed by atoms with Crippen molar-refractivity contribution in [3.8, 4) is 23.1 Å². The number of hydrogen-bond acceptors (Lipinski definition) is 5. The van der Waals surface area contributed by atoms with Crippen LogP contribution in [0.1, 0.15) is 24.5 Å². The number of para-hydroxylation sites is 2. The van der Waals surface area contributed by atoms with Gasteiger partial charge < -0.3 is 24.5 Å². The number of H-pyrrole nitrogens is 1. The summed E-state index contributed by atoms with van der Waals surface area (Å²) in [5.41, 5.74) is 2.65. The lowest BCUT2D eigenvalue weighted by atomic mass is 10.1. The fraction of sp³-hybridized carbons (Fsp3) is 0.231. The Bertz CT molecular complexity index is 1240. The molecule has 0 bridgehead atoms. The van der Waals surface area contributed by atoms with Gasteiger partial charge >= 0.3 is 0 Å². The molecule has 2 N–H and O–H groups in total. The van der Waals surface area contributed by atoms with Gasteiger partial charge in [0.05, 0.1) is 20.1 Å². The first kappa shape index (κ1) is 22.2. The number of hydrogen-bond donors (Lipinski definition) is 2. The predicted molar refractivity (Wildman–Crippen MR) is 127 cm³/mol. The third-order valence-electron chi connectivity index (χ3n) is 5.17. The minimum Gasteiger partial charge on any atom is -0.497 e. The average Bonchev–Trinajstić information content (AvgIpc) is 3.24. The lowest BCUT2D eigenvalue weighted by molar-refractivity contribution is -0.120. The maximum Gasteiger partial charge on any atom is 0.224 e. The molecule has 2 heterocycles. The number of aromatic nitrogens is 2. The van der Waals surface area contributed by atoms with Crippen LogP contribution >= 0.6 is 0 Å². The first-order valence-corrected chi connectivity index (χ1v) is 10.9. The van der Waals surface area contributed by atoms with Crippen LogP contribution in [0.3, 0.4) is 0 Å². The number of pyridine rings is 1. The zero-order chi connectivity index (χ0) is 23.0. The standard InChI is InChI=1S/C26H27N3O4/c1-3-13-32-23-8-4-5-9-24(23)33-26-18(7-6-12-27-26)16-29-25(30)14-19-17-28-22-11-10-20(31-2)15-21(19)22/h4-12,15,17,28H,3,13-14,16H2,1-2H3,(H,29,30). The monoisotopic (exact) mass is 445 g/mol. The second-order valence-electron chi connectivity index (χ2n) is 7.54.